The number of hydrogen-bond donors (Lipinski definition) is 1. The molecule has 0 atom stereocenters. The number of nitrogens with one attached hydrogen (secondary N) is 1. The Morgan fingerprint density at radius 1 is 1.05 bits per heavy atom. The summed E-state index contributed by atoms with van der Waals surface area (Å²) in [5.74, 6) is 0.630. The van der Waals surface area contributed by atoms with Crippen molar-refractivity contribution in [3.05, 3.63) is 35.9 Å². The van der Waals surface area contributed by atoms with Gasteiger partial charge in [0, 0.05) is 24.4 Å². The van der Waals surface area contributed by atoms with Crippen LogP contribution in [-0.2, 0) is 4.79 Å². The first kappa shape index (κ1) is 14.8. The lowest BCUT2D eigenvalue weighted by Crippen LogP contribution is -2.30. The summed E-state index contributed by atoms with van der Waals surface area (Å²) >= 11 is 0. The largest absolute Gasteiger partial charge is 0.356 e. The summed E-state index contributed by atoms with van der Waals surface area (Å²) in [6.45, 7) is 0.692. The van der Waals surface area contributed by atoms with Gasteiger partial charge < -0.3 is 5.32 Å². The summed E-state index contributed by atoms with van der Waals surface area (Å²) in [7, 11) is 0. The molecular formula is C17H23NO2. The predicted molar refractivity (Wildman–Crippen MR) is 79.6 cm³/mol. The number of hydrogen-bond acceptors (Lipinski definition) is 2. The van der Waals surface area contributed by atoms with E-state index in [1.807, 2.05) is 30.3 Å². The van der Waals surface area contributed by atoms with E-state index in [0.29, 0.717) is 13.0 Å². The molecule has 0 heterocycles. The lowest BCUT2D eigenvalue weighted by Gasteiger charge is -2.09. The van der Waals surface area contributed by atoms with Gasteiger partial charge in [-0.25, -0.2) is 0 Å². The normalized spacial score (nSPS) is 15.2. The molecule has 1 aromatic carbocycles. The third-order valence-electron chi connectivity index (χ3n) is 3.95. The van der Waals surface area contributed by atoms with E-state index in [1.54, 1.807) is 0 Å². The quantitative estimate of drug-likeness (QED) is 0.611. The fourth-order valence-corrected chi connectivity index (χ4v) is 2.72. The fraction of sp³-hybridized carbons (Fsp3) is 0.529. The number of amides is 1. The molecule has 0 bridgehead atoms. The summed E-state index contributed by atoms with van der Waals surface area (Å²) < 4.78 is 0. The molecule has 0 saturated heterocycles. The average molecular weight is 273 g/mol. The third kappa shape index (κ3) is 4.48. The van der Waals surface area contributed by atoms with Crippen molar-refractivity contribution in [2.45, 2.75) is 44.9 Å². The lowest BCUT2D eigenvalue weighted by molar-refractivity contribution is -0.124. The van der Waals surface area contributed by atoms with Gasteiger partial charge in [0.2, 0.25) is 5.91 Å². The van der Waals surface area contributed by atoms with Crippen LogP contribution in [0, 0.1) is 5.92 Å². The van der Waals surface area contributed by atoms with Crippen molar-refractivity contribution >= 4 is 11.7 Å². The SMILES string of the molecule is O=C(CCCCNC(=O)C1CCCC1)c1ccccc1. The Balaban J connectivity index is 1.57. The van der Waals surface area contributed by atoms with Crippen LogP contribution in [0.25, 0.3) is 0 Å². The van der Waals surface area contributed by atoms with E-state index in [2.05, 4.69) is 5.32 Å². The highest BCUT2D eigenvalue weighted by molar-refractivity contribution is 5.95. The minimum absolute atomic E-state index is 0.188. The van der Waals surface area contributed by atoms with Crippen LogP contribution < -0.4 is 5.32 Å². The number of unbranched alkanes of at least 4 members (excludes halogenated alkanes) is 1. The van der Waals surface area contributed by atoms with Crippen LogP contribution in [0.15, 0.2) is 30.3 Å². The van der Waals surface area contributed by atoms with E-state index in [9.17, 15) is 9.59 Å². The van der Waals surface area contributed by atoms with E-state index < -0.39 is 0 Å². The maximum Gasteiger partial charge on any atom is 0.223 e. The Morgan fingerprint density at radius 2 is 1.75 bits per heavy atom. The Kier molecular flexibility index (Phi) is 5.78. The van der Waals surface area contributed by atoms with Gasteiger partial charge in [0.1, 0.15) is 0 Å². The number of benzene rings is 1. The molecule has 0 aromatic heterocycles. The van der Waals surface area contributed by atoms with Gasteiger partial charge in [-0.2, -0.15) is 0 Å². The zero-order valence-corrected chi connectivity index (χ0v) is 11.9. The molecule has 0 spiro atoms. The van der Waals surface area contributed by atoms with Crippen molar-refractivity contribution < 1.29 is 9.59 Å². The summed E-state index contributed by atoms with van der Waals surface area (Å²) in [5, 5.41) is 2.99. The monoisotopic (exact) mass is 273 g/mol. The molecule has 1 N–H and O–H groups in total. The predicted octanol–water partition coefficient (Wildman–Crippen LogP) is 3.35. The second-order valence-corrected chi connectivity index (χ2v) is 5.52. The lowest BCUT2D eigenvalue weighted by atomic mass is 10.1. The smallest absolute Gasteiger partial charge is 0.223 e. The molecular weight excluding hydrogens is 250 g/mol. The molecule has 1 aliphatic rings. The Bertz CT molecular complexity index is 436. The van der Waals surface area contributed by atoms with Crippen molar-refractivity contribution in [3.63, 3.8) is 0 Å². The molecule has 0 unspecified atom stereocenters. The fourth-order valence-electron chi connectivity index (χ4n) is 2.72. The van der Waals surface area contributed by atoms with E-state index in [4.69, 9.17) is 0 Å². The summed E-state index contributed by atoms with van der Waals surface area (Å²) in [5.41, 5.74) is 0.780. The highest BCUT2D eigenvalue weighted by Crippen LogP contribution is 2.24. The zero-order valence-electron chi connectivity index (χ0n) is 11.9. The molecule has 0 radical (unpaired) electrons. The van der Waals surface area contributed by atoms with Gasteiger partial charge in [-0.05, 0) is 25.7 Å². The van der Waals surface area contributed by atoms with E-state index >= 15 is 0 Å². The van der Waals surface area contributed by atoms with Crippen LogP contribution in [0.3, 0.4) is 0 Å². The molecule has 0 aliphatic heterocycles. The van der Waals surface area contributed by atoms with Crippen molar-refractivity contribution in [3.8, 4) is 0 Å². The first-order valence-electron chi connectivity index (χ1n) is 7.63. The number of ketones is 1. The maximum absolute atomic E-state index is 11.9. The van der Waals surface area contributed by atoms with E-state index in [-0.39, 0.29) is 17.6 Å². The van der Waals surface area contributed by atoms with Gasteiger partial charge in [-0.1, -0.05) is 43.2 Å². The maximum atomic E-state index is 11.9. The minimum Gasteiger partial charge on any atom is -0.356 e. The first-order valence-corrected chi connectivity index (χ1v) is 7.63. The molecule has 2 rings (SSSR count). The molecule has 3 nitrogen and oxygen atoms in total. The van der Waals surface area contributed by atoms with Crippen LogP contribution in [-0.4, -0.2) is 18.2 Å². The number of carbonyl (C=O) groups excluding carboxylic acids is 2. The summed E-state index contributed by atoms with van der Waals surface area (Å²) in [6.07, 6.45) is 6.71. The van der Waals surface area contributed by atoms with Crippen LogP contribution in [0.2, 0.25) is 0 Å². The van der Waals surface area contributed by atoms with E-state index in [1.165, 1.54) is 12.8 Å². The molecule has 1 aliphatic carbocycles. The second kappa shape index (κ2) is 7.83. The molecule has 1 fully saturated rings. The average Bonchev–Trinajstić information content (AvgIpc) is 3.01. The van der Waals surface area contributed by atoms with Crippen LogP contribution in [0.4, 0.5) is 0 Å². The topological polar surface area (TPSA) is 46.2 Å². The van der Waals surface area contributed by atoms with Crippen molar-refractivity contribution in [1.29, 1.82) is 0 Å². The van der Waals surface area contributed by atoms with Crippen molar-refractivity contribution in [2.24, 2.45) is 5.92 Å². The zero-order chi connectivity index (χ0) is 14.2. The summed E-state index contributed by atoms with van der Waals surface area (Å²) in [6, 6.07) is 9.38. The number of Topliss-reactive ketones (excluding diaryl/α,β-unsaturated/α-hetero) is 1. The highest BCUT2D eigenvalue weighted by Gasteiger charge is 2.21. The molecule has 1 saturated carbocycles. The number of rotatable bonds is 7. The van der Waals surface area contributed by atoms with Crippen LogP contribution in [0.1, 0.15) is 55.3 Å². The Hall–Kier alpha value is -1.64. The highest BCUT2D eigenvalue weighted by atomic mass is 16.1. The van der Waals surface area contributed by atoms with Crippen LogP contribution in [0.5, 0.6) is 0 Å². The van der Waals surface area contributed by atoms with Gasteiger partial charge in [-0.15, -0.1) is 0 Å². The standard InChI is InChI=1S/C17H23NO2/c19-16(14-8-2-1-3-9-14)12-6-7-13-18-17(20)15-10-4-5-11-15/h1-3,8-9,15H,4-7,10-13H2,(H,18,20). The van der Waals surface area contributed by atoms with Gasteiger partial charge in [0.25, 0.3) is 0 Å². The Morgan fingerprint density at radius 3 is 2.45 bits per heavy atom. The molecule has 1 amide bonds. The molecule has 108 valence electrons. The minimum atomic E-state index is 0.188. The van der Waals surface area contributed by atoms with Gasteiger partial charge in [-0.3, -0.25) is 9.59 Å². The molecule has 1 aromatic rings. The number of carbonyl (C=O) groups is 2. The van der Waals surface area contributed by atoms with Crippen LogP contribution >= 0.6 is 0 Å². The van der Waals surface area contributed by atoms with Gasteiger partial charge in [0.05, 0.1) is 0 Å². The van der Waals surface area contributed by atoms with Gasteiger partial charge in [0.15, 0.2) is 5.78 Å². The van der Waals surface area contributed by atoms with E-state index in [0.717, 1.165) is 31.2 Å². The van der Waals surface area contributed by atoms with Crippen molar-refractivity contribution in [1.82, 2.24) is 5.32 Å². The molecule has 3 heteroatoms. The summed E-state index contributed by atoms with van der Waals surface area (Å²) in [4.78, 5) is 23.6. The third-order valence-corrected chi connectivity index (χ3v) is 3.95. The van der Waals surface area contributed by atoms with Crippen molar-refractivity contribution in [2.75, 3.05) is 6.54 Å². The first-order chi connectivity index (χ1) is 9.77. The Labute approximate surface area is 120 Å². The second-order valence-electron chi connectivity index (χ2n) is 5.52. The van der Waals surface area contributed by atoms with Gasteiger partial charge >= 0.3 is 0 Å². The molecule has 20 heavy (non-hydrogen) atoms.